The molecule has 0 saturated carbocycles. The Balaban J connectivity index is 2.92. The molecular formula is C16H22O5. The summed E-state index contributed by atoms with van der Waals surface area (Å²) in [5.74, 6) is -0.0927. The molecule has 0 aliphatic heterocycles. The summed E-state index contributed by atoms with van der Waals surface area (Å²) in [6, 6.07) is 0. The van der Waals surface area contributed by atoms with Crippen LogP contribution in [0.25, 0.3) is 0 Å². The minimum atomic E-state index is -0.974. The van der Waals surface area contributed by atoms with Crippen molar-refractivity contribution >= 4 is 12.1 Å². The van der Waals surface area contributed by atoms with Gasteiger partial charge in [-0.05, 0) is 38.7 Å². The molecule has 0 fully saturated rings. The number of ether oxygens (including phenoxy) is 3. The zero-order valence-corrected chi connectivity index (χ0v) is 12.6. The van der Waals surface area contributed by atoms with Crippen LogP contribution in [0.1, 0.15) is 33.1 Å². The van der Waals surface area contributed by atoms with Crippen LogP contribution in [0.5, 0.6) is 0 Å². The van der Waals surface area contributed by atoms with Crippen molar-refractivity contribution in [1.82, 2.24) is 0 Å². The predicted molar refractivity (Wildman–Crippen MR) is 78.4 cm³/mol. The first-order chi connectivity index (χ1) is 9.95. The quantitative estimate of drug-likeness (QED) is 0.554. The van der Waals surface area contributed by atoms with Gasteiger partial charge in [-0.25, -0.2) is 4.79 Å². The Bertz CT molecular complexity index is 463. The number of esters is 1. The van der Waals surface area contributed by atoms with Crippen LogP contribution in [-0.4, -0.2) is 25.3 Å². The number of rotatable bonds is 6. The van der Waals surface area contributed by atoms with Gasteiger partial charge in [-0.2, -0.15) is 0 Å². The monoisotopic (exact) mass is 294 g/mol. The molecule has 21 heavy (non-hydrogen) atoms. The lowest BCUT2D eigenvalue weighted by molar-refractivity contribution is -0.154. The molecular weight excluding hydrogens is 272 g/mol. The van der Waals surface area contributed by atoms with E-state index in [0.29, 0.717) is 12.2 Å². The molecule has 0 bridgehead atoms. The first-order valence-corrected chi connectivity index (χ1v) is 6.89. The summed E-state index contributed by atoms with van der Waals surface area (Å²) in [5.41, 5.74) is -0.117. The maximum absolute atomic E-state index is 12.3. The summed E-state index contributed by atoms with van der Waals surface area (Å²) in [5, 5.41) is 0. The average Bonchev–Trinajstić information content (AvgIpc) is 2.46. The molecule has 0 spiro atoms. The molecule has 0 aromatic heterocycles. The summed E-state index contributed by atoms with van der Waals surface area (Å²) in [6.45, 7) is 10.7. The van der Waals surface area contributed by atoms with E-state index in [4.69, 9.17) is 14.2 Å². The van der Waals surface area contributed by atoms with E-state index in [1.165, 1.54) is 12.2 Å². The van der Waals surface area contributed by atoms with E-state index in [0.717, 1.165) is 18.4 Å². The second kappa shape index (κ2) is 7.67. The van der Waals surface area contributed by atoms with Crippen molar-refractivity contribution in [3.8, 4) is 0 Å². The van der Waals surface area contributed by atoms with Gasteiger partial charge in [0.1, 0.15) is 24.4 Å². The van der Waals surface area contributed by atoms with Crippen LogP contribution in [0.3, 0.4) is 0 Å². The summed E-state index contributed by atoms with van der Waals surface area (Å²) in [7, 11) is 0. The number of hydrogen-bond donors (Lipinski definition) is 0. The van der Waals surface area contributed by atoms with Crippen molar-refractivity contribution in [2.45, 2.75) is 33.1 Å². The van der Waals surface area contributed by atoms with Gasteiger partial charge < -0.3 is 14.2 Å². The highest BCUT2D eigenvalue weighted by molar-refractivity contribution is 5.81. The Kier molecular flexibility index (Phi) is 6.21. The number of carbonyl (C=O) groups is 2. The molecule has 0 radical (unpaired) electrons. The minimum Gasteiger partial charge on any atom is -0.461 e. The number of hydrogen-bond acceptors (Lipinski definition) is 5. The maximum Gasteiger partial charge on any atom is 0.513 e. The predicted octanol–water partition coefficient (Wildman–Crippen LogP) is 3.52. The van der Waals surface area contributed by atoms with Gasteiger partial charge in [0.05, 0.1) is 0 Å². The molecule has 0 amide bonds. The van der Waals surface area contributed by atoms with E-state index in [1.54, 1.807) is 6.92 Å². The van der Waals surface area contributed by atoms with Crippen LogP contribution in [0.15, 0.2) is 36.6 Å². The highest BCUT2D eigenvalue weighted by Crippen LogP contribution is 2.42. The van der Waals surface area contributed by atoms with Crippen LogP contribution < -0.4 is 0 Å². The second-order valence-electron chi connectivity index (χ2n) is 5.13. The lowest BCUT2D eigenvalue weighted by Gasteiger charge is -2.33. The van der Waals surface area contributed by atoms with Crippen molar-refractivity contribution < 1.29 is 23.8 Å². The molecule has 1 aliphatic carbocycles. The van der Waals surface area contributed by atoms with Gasteiger partial charge in [-0.15, -0.1) is 0 Å². The van der Waals surface area contributed by atoms with E-state index in [-0.39, 0.29) is 13.2 Å². The summed E-state index contributed by atoms with van der Waals surface area (Å²) >= 11 is 0. The third-order valence-corrected chi connectivity index (χ3v) is 3.40. The highest BCUT2D eigenvalue weighted by Gasteiger charge is 2.44. The van der Waals surface area contributed by atoms with Gasteiger partial charge in [-0.1, -0.05) is 25.3 Å². The number of allylic oxidation sites excluding steroid dienone is 1. The third-order valence-electron chi connectivity index (χ3n) is 3.40. The maximum atomic E-state index is 12.3. The highest BCUT2D eigenvalue weighted by atomic mass is 16.7. The standard InChI is InChI=1S/C16H22O5/c1-5-10-19-14(17)16(4)9-7-8-12(3)13(16)21-15(18)20-11-6-2/h5-6H,1-2,7-11H2,3-4H3/t16-/m0/s1. The van der Waals surface area contributed by atoms with E-state index < -0.39 is 17.5 Å². The van der Waals surface area contributed by atoms with Gasteiger partial charge in [-0.3, -0.25) is 4.79 Å². The van der Waals surface area contributed by atoms with E-state index in [9.17, 15) is 9.59 Å². The Morgan fingerprint density at radius 3 is 2.48 bits per heavy atom. The molecule has 0 saturated heterocycles. The van der Waals surface area contributed by atoms with Crippen molar-refractivity contribution in [2.24, 2.45) is 5.41 Å². The van der Waals surface area contributed by atoms with Crippen molar-refractivity contribution in [3.05, 3.63) is 36.6 Å². The van der Waals surface area contributed by atoms with Crippen LogP contribution in [-0.2, 0) is 19.0 Å². The first kappa shape index (κ1) is 17.0. The normalized spacial score (nSPS) is 21.4. The van der Waals surface area contributed by atoms with Gasteiger partial charge >= 0.3 is 12.1 Å². The Morgan fingerprint density at radius 1 is 1.24 bits per heavy atom. The Labute approximate surface area is 125 Å². The summed E-state index contributed by atoms with van der Waals surface area (Å²) < 4.78 is 15.2. The zero-order chi connectivity index (χ0) is 15.9. The van der Waals surface area contributed by atoms with Crippen molar-refractivity contribution in [2.75, 3.05) is 13.2 Å². The molecule has 5 nitrogen and oxygen atoms in total. The van der Waals surface area contributed by atoms with Crippen molar-refractivity contribution in [1.29, 1.82) is 0 Å². The van der Waals surface area contributed by atoms with Crippen molar-refractivity contribution in [3.63, 3.8) is 0 Å². The molecule has 1 aliphatic rings. The average molecular weight is 294 g/mol. The first-order valence-electron chi connectivity index (χ1n) is 6.89. The van der Waals surface area contributed by atoms with Crippen LogP contribution >= 0.6 is 0 Å². The largest absolute Gasteiger partial charge is 0.513 e. The van der Waals surface area contributed by atoms with E-state index in [2.05, 4.69) is 13.2 Å². The smallest absolute Gasteiger partial charge is 0.461 e. The molecule has 0 aromatic rings. The molecule has 1 atom stereocenters. The lowest BCUT2D eigenvalue weighted by atomic mass is 9.76. The fourth-order valence-electron chi connectivity index (χ4n) is 2.33. The topological polar surface area (TPSA) is 61.8 Å². The van der Waals surface area contributed by atoms with E-state index >= 15 is 0 Å². The molecule has 0 N–H and O–H groups in total. The van der Waals surface area contributed by atoms with Gasteiger partial charge in [0.15, 0.2) is 0 Å². The molecule has 0 aromatic carbocycles. The zero-order valence-electron chi connectivity index (χ0n) is 12.6. The SMILES string of the molecule is C=CCOC(=O)OC1=C(C)CCC[C@]1(C)C(=O)OCC=C. The van der Waals surface area contributed by atoms with Gasteiger partial charge in [0, 0.05) is 0 Å². The number of carbonyl (C=O) groups excluding carboxylic acids is 2. The van der Waals surface area contributed by atoms with Crippen LogP contribution in [0, 0.1) is 5.41 Å². The molecule has 116 valence electrons. The molecule has 1 rings (SSSR count). The second-order valence-corrected chi connectivity index (χ2v) is 5.13. The molecule has 0 unspecified atom stereocenters. The lowest BCUT2D eigenvalue weighted by Crippen LogP contribution is -2.36. The fourth-order valence-corrected chi connectivity index (χ4v) is 2.33. The van der Waals surface area contributed by atoms with Crippen LogP contribution in [0.4, 0.5) is 4.79 Å². The molecule has 0 heterocycles. The fraction of sp³-hybridized carbons (Fsp3) is 0.500. The minimum absolute atomic E-state index is 0.0583. The Morgan fingerprint density at radius 2 is 1.86 bits per heavy atom. The molecule has 5 heteroatoms. The van der Waals surface area contributed by atoms with Gasteiger partial charge in [0.2, 0.25) is 0 Å². The van der Waals surface area contributed by atoms with Crippen LogP contribution in [0.2, 0.25) is 0 Å². The van der Waals surface area contributed by atoms with E-state index in [1.807, 2.05) is 6.92 Å². The summed E-state index contributed by atoms with van der Waals surface area (Å²) in [4.78, 5) is 23.9. The third kappa shape index (κ3) is 4.21. The Hall–Kier alpha value is -2.04. The summed E-state index contributed by atoms with van der Waals surface area (Å²) in [6.07, 6.45) is 4.27. The van der Waals surface area contributed by atoms with Gasteiger partial charge in [0.25, 0.3) is 0 Å².